The van der Waals surface area contributed by atoms with Gasteiger partial charge in [0.2, 0.25) is 5.91 Å². The molecule has 0 radical (unpaired) electrons. The van der Waals surface area contributed by atoms with Gasteiger partial charge in [0.05, 0.1) is 6.04 Å². The maximum absolute atomic E-state index is 11.3. The second-order valence-corrected chi connectivity index (χ2v) is 4.17. The lowest BCUT2D eigenvalue weighted by Crippen LogP contribution is -2.36. The highest BCUT2D eigenvalue weighted by molar-refractivity contribution is 5.75. The van der Waals surface area contributed by atoms with Gasteiger partial charge in [0.15, 0.2) is 0 Å². The van der Waals surface area contributed by atoms with Crippen LogP contribution in [0.4, 0.5) is 0 Å². The van der Waals surface area contributed by atoms with Gasteiger partial charge in [0, 0.05) is 37.9 Å². The molecule has 5 nitrogen and oxygen atoms in total. The minimum atomic E-state index is 0.0962. The normalized spacial score (nSPS) is 14.3. The first-order valence-electron chi connectivity index (χ1n) is 6.14. The van der Waals surface area contributed by atoms with Crippen LogP contribution in [0.3, 0.4) is 0 Å². The second-order valence-electron chi connectivity index (χ2n) is 4.17. The molecule has 0 saturated carbocycles. The fourth-order valence-corrected chi connectivity index (χ4v) is 1.62. The molecule has 0 spiro atoms. The molecule has 96 valence electrons. The van der Waals surface area contributed by atoms with E-state index in [9.17, 15) is 4.79 Å². The summed E-state index contributed by atoms with van der Waals surface area (Å²) in [6.07, 6.45) is 4.24. The van der Waals surface area contributed by atoms with Crippen LogP contribution < -0.4 is 10.6 Å². The number of nitrogens with one attached hydrogen (secondary N) is 2. The molecule has 0 aliphatic carbocycles. The molecular formula is C12H22N4O. The van der Waals surface area contributed by atoms with Crippen molar-refractivity contribution in [2.45, 2.75) is 39.3 Å². The largest absolute Gasteiger partial charge is 0.356 e. The maximum atomic E-state index is 11.3. The third-order valence-corrected chi connectivity index (χ3v) is 2.86. The third-order valence-electron chi connectivity index (χ3n) is 2.86. The number of carbonyl (C=O) groups is 1. The SMILES string of the molecule is CCNC(=O)CCNC(C)C(C)n1cccn1. The molecule has 5 heteroatoms. The van der Waals surface area contributed by atoms with Crippen LogP contribution in [0.1, 0.15) is 33.2 Å². The number of hydrogen-bond donors (Lipinski definition) is 2. The Kier molecular flexibility index (Phi) is 5.69. The Morgan fingerprint density at radius 3 is 2.82 bits per heavy atom. The van der Waals surface area contributed by atoms with Gasteiger partial charge in [-0.15, -0.1) is 0 Å². The first kappa shape index (κ1) is 13.7. The molecule has 0 aliphatic heterocycles. The van der Waals surface area contributed by atoms with Gasteiger partial charge in [0.25, 0.3) is 0 Å². The molecule has 2 N–H and O–H groups in total. The molecule has 2 unspecified atom stereocenters. The molecule has 0 bridgehead atoms. The van der Waals surface area contributed by atoms with E-state index in [2.05, 4.69) is 29.6 Å². The molecule has 1 heterocycles. The van der Waals surface area contributed by atoms with E-state index in [1.807, 2.05) is 23.9 Å². The number of nitrogens with zero attached hydrogens (tertiary/aromatic N) is 2. The predicted molar refractivity (Wildman–Crippen MR) is 67.7 cm³/mol. The van der Waals surface area contributed by atoms with Gasteiger partial charge in [-0.2, -0.15) is 5.10 Å². The molecule has 1 aromatic heterocycles. The number of amides is 1. The van der Waals surface area contributed by atoms with E-state index in [1.165, 1.54) is 0 Å². The molecule has 1 rings (SSSR count). The van der Waals surface area contributed by atoms with Crippen LogP contribution in [0.25, 0.3) is 0 Å². The monoisotopic (exact) mass is 238 g/mol. The summed E-state index contributed by atoms with van der Waals surface area (Å²) in [5.41, 5.74) is 0. The summed E-state index contributed by atoms with van der Waals surface area (Å²) >= 11 is 0. The fourth-order valence-electron chi connectivity index (χ4n) is 1.62. The lowest BCUT2D eigenvalue weighted by Gasteiger charge is -2.21. The molecule has 2 atom stereocenters. The number of aromatic nitrogens is 2. The highest BCUT2D eigenvalue weighted by Gasteiger charge is 2.13. The lowest BCUT2D eigenvalue weighted by molar-refractivity contribution is -0.120. The third kappa shape index (κ3) is 4.56. The quantitative estimate of drug-likeness (QED) is 0.743. The second kappa shape index (κ2) is 7.06. The molecular weight excluding hydrogens is 216 g/mol. The predicted octanol–water partition coefficient (Wildman–Crippen LogP) is 0.948. The standard InChI is InChI=1S/C12H22N4O/c1-4-13-12(17)6-8-14-10(2)11(3)16-9-5-7-15-16/h5,7,9-11,14H,4,6,8H2,1-3H3,(H,13,17). The van der Waals surface area contributed by atoms with Crippen molar-refractivity contribution in [3.8, 4) is 0 Å². The molecule has 0 aromatic carbocycles. The van der Waals surface area contributed by atoms with Gasteiger partial charge < -0.3 is 10.6 Å². The van der Waals surface area contributed by atoms with Crippen LogP contribution in [0.2, 0.25) is 0 Å². The Balaban J connectivity index is 2.25. The van der Waals surface area contributed by atoms with Gasteiger partial charge in [-0.25, -0.2) is 0 Å². The van der Waals surface area contributed by atoms with Crippen molar-refractivity contribution >= 4 is 5.91 Å². The van der Waals surface area contributed by atoms with E-state index >= 15 is 0 Å². The Morgan fingerprint density at radius 2 is 2.24 bits per heavy atom. The smallest absolute Gasteiger partial charge is 0.221 e. The molecule has 0 aliphatic rings. The number of carbonyl (C=O) groups excluding carboxylic acids is 1. The highest BCUT2D eigenvalue weighted by Crippen LogP contribution is 2.08. The Bertz CT molecular complexity index is 323. The number of rotatable bonds is 7. The number of hydrogen-bond acceptors (Lipinski definition) is 3. The molecule has 17 heavy (non-hydrogen) atoms. The van der Waals surface area contributed by atoms with E-state index in [0.29, 0.717) is 19.5 Å². The zero-order valence-corrected chi connectivity index (χ0v) is 10.8. The first-order chi connectivity index (χ1) is 8.15. The van der Waals surface area contributed by atoms with Crippen LogP contribution in [0.5, 0.6) is 0 Å². The molecule has 0 saturated heterocycles. The average Bonchev–Trinajstić information content (AvgIpc) is 2.81. The van der Waals surface area contributed by atoms with Crippen molar-refractivity contribution in [2.75, 3.05) is 13.1 Å². The van der Waals surface area contributed by atoms with E-state index in [4.69, 9.17) is 0 Å². The van der Waals surface area contributed by atoms with Crippen molar-refractivity contribution in [3.63, 3.8) is 0 Å². The summed E-state index contributed by atoms with van der Waals surface area (Å²) < 4.78 is 1.92. The van der Waals surface area contributed by atoms with Gasteiger partial charge in [-0.1, -0.05) is 0 Å². The van der Waals surface area contributed by atoms with Gasteiger partial charge >= 0.3 is 0 Å². The minimum absolute atomic E-state index is 0.0962. The summed E-state index contributed by atoms with van der Waals surface area (Å²) in [5, 5.41) is 10.3. The topological polar surface area (TPSA) is 59.0 Å². The minimum Gasteiger partial charge on any atom is -0.356 e. The van der Waals surface area contributed by atoms with Gasteiger partial charge in [0.1, 0.15) is 0 Å². The van der Waals surface area contributed by atoms with Gasteiger partial charge in [-0.05, 0) is 26.8 Å². The van der Waals surface area contributed by atoms with E-state index < -0.39 is 0 Å². The Hall–Kier alpha value is -1.36. The van der Waals surface area contributed by atoms with Crippen LogP contribution in [0.15, 0.2) is 18.5 Å². The Labute approximate surface area is 103 Å². The van der Waals surface area contributed by atoms with Gasteiger partial charge in [-0.3, -0.25) is 9.48 Å². The van der Waals surface area contributed by atoms with E-state index in [1.54, 1.807) is 6.20 Å². The first-order valence-corrected chi connectivity index (χ1v) is 6.14. The molecule has 0 fully saturated rings. The van der Waals surface area contributed by atoms with E-state index in [0.717, 1.165) is 0 Å². The summed E-state index contributed by atoms with van der Waals surface area (Å²) in [6, 6.07) is 2.47. The van der Waals surface area contributed by atoms with Crippen molar-refractivity contribution in [1.82, 2.24) is 20.4 Å². The van der Waals surface area contributed by atoms with Crippen molar-refractivity contribution in [2.24, 2.45) is 0 Å². The van der Waals surface area contributed by atoms with Crippen LogP contribution >= 0.6 is 0 Å². The van der Waals surface area contributed by atoms with Crippen molar-refractivity contribution in [3.05, 3.63) is 18.5 Å². The van der Waals surface area contributed by atoms with Crippen LogP contribution in [-0.4, -0.2) is 34.8 Å². The zero-order valence-electron chi connectivity index (χ0n) is 10.8. The van der Waals surface area contributed by atoms with Crippen LogP contribution in [0, 0.1) is 0 Å². The lowest BCUT2D eigenvalue weighted by atomic mass is 10.1. The summed E-state index contributed by atoms with van der Waals surface area (Å²) in [7, 11) is 0. The highest BCUT2D eigenvalue weighted by atomic mass is 16.1. The fraction of sp³-hybridized carbons (Fsp3) is 0.667. The zero-order chi connectivity index (χ0) is 12.7. The average molecular weight is 238 g/mol. The summed E-state index contributed by atoms with van der Waals surface area (Å²) in [5.74, 6) is 0.0962. The molecule has 1 aromatic rings. The summed E-state index contributed by atoms with van der Waals surface area (Å²) in [4.78, 5) is 11.3. The molecule has 1 amide bonds. The maximum Gasteiger partial charge on any atom is 0.221 e. The van der Waals surface area contributed by atoms with Crippen molar-refractivity contribution in [1.29, 1.82) is 0 Å². The summed E-state index contributed by atoms with van der Waals surface area (Å²) in [6.45, 7) is 7.52. The van der Waals surface area contributed by atoms with Crippen LogP contribution in [-0.2, 0) is 4.79 Å². The van der Waals surface area contributed by atoms with Crippen molar-refractivity contribution < 1.29 is 4.79 Å². The Morgan fingerprint density at radius 1 is 1.47 bits per heavy atom. The van der Waals surface area contributed by atoms with E-state index in [-0.39, 0.29) is 18.0 Å².